The predicted molar refractivity (Wildman–Crippen MR) is 76.2 cm³/mol. The van der Waals surface area contributed by atoms with Crippen molar-refractivity contribution in [2.45, 2.75) is 45.8 Å². The molecule has 0 bridgehead atoms. The Labute approximate surface area is 120 Å². The summed E-state index contributed by atoms with van der Waals surface area (Å²) in [6.45, 7) is 9.99. The van der Waals surface area contributed by atoms with Crippen molar-refractivity contribution in [2.24, 2.45) is 11.7 Å². The molecule has 1 aliphatic heterocycles. The van der Waals surface area contributed by atoms with E-state index in [1.807, 2.05) is 0 Å². The summed E-state index contributed by atoms with van der Waals surface area (Å²) in [7, 11) is 0. The zero-order valence-electron chi connectivity index (χ0n) is 12.7. The maximum atomic E-state index is 6.03. The molecule has 2 N–H and O–H groups in total. The Kier molecular flexibility index (Phi) is 5.51. The molecule has 114 valence electrons. The number of nitrogens with two attached hydrogens (primary N) is 1. The molecule has 2 heterocycles. The van der Waals surface area contributed by atoms with Crippen molar-refractivity contribution in [1.82, 2.24) is 15.0 Å². The molecule has 0 aromatic carbocycles. The second kappa shape index (κ2) is 7.15. The number of nitrogens with zero attached hydrogens (tertiary/aromatic N) is 3. The second-order valence-corrected chi connectivity index (χ2v) is 5.82. The smallest absolute Gasteiger partial charge is 0.228 e. The molecule has 20 heavy (non-hydrogen) atoms. The van der Waals surface area contributed by atoms with E-state index >= 15 is 0 Å². The lowest BCUT2D eigenvalue weighted by Gasteiger charge is -2.30. The van der Waals surface area contributed by atoms with E-state index in [0.717, 1.165) is 32.7 Å². The Morgan fingerprint density at radius 1 is 1.45 bits per heavy atom. The summed E-state index contributed by atoms with van der Waals surface area (Å²) >= 11 is 0. The van der Waals surface area contributed by atoms with Crippen LogP contribution in [0.15, 0.2) is 4.52 Å². The van der Waals surface area contributed by atoms with Crippen molar-refractivity contribution in [3.8, 4) is 0 Å². The van der Waals surface area contributed by atoms with Crippen LogP contribution in [0.1, 0.15) is 45.0 Å². The van der Waals surface area contributed by atoms with Crippen LogP contribution in [0, 0.1) is 5.92 Å². The number of aromatic nitrogens is 2. The SMILES string of the molecule is CCCN1CCOC(c2noc(CC(N)C(C)C)n2)C1. The van der Waals surface area contributed by atoms with Crippen molar-refractivity contribution in [3.63, 3.8) is 0 Å². The molecule has 0 radical (unpaired) electrons. The third kappa shape index (κ3) is 4.01. The molecule has 1 aliphatic rings. The van der Waals surface area contributed by atoms with E-state index in [1.54, 1.807) is 0 Å². The summed E-state index contributed by atoms with van der Waals surface area (Å²) in [5.41, 5.74) is 6.03. The fraction of sp³-hybridized carbons (Fsp3) is 0.857. The average Bonchev–Trinajstić information content (AvgIpc) is 2.88. The first kappa shape index (κ1) is 15.4. The Bertz CT molecular complexity index is 406. The highest BCUT2D eigenvalue weighted by Crippen LogP contribution is 2.20. The molecule has 1 fully saturated rings. The van der Waals surface area contributed by atoms with Gasteiger partial charge in [0.1, 0.15) is 6.10 Å². The molecule has 6 heteroatoms. The fourth-order valence-electron chi connectivity index (χ4n) is 2.30. The molecule has 2 rings (SSSR count). The minimum absolute atomic E-state index is 0.0483. The van der Waals surface area contributed by atoms with Crippen LogP contribution in [0.3, 0.4) is 0 Å². The van der Waals surface area contributed by atoms with E-state index < -0.39 is 0 Å². The number of hydrogen-bond acceptors (Lipinski definition) is 6. The van der Waals surface area contributed by atoms with E-state index in [1.165, 1.54) is 0 Å². The van der Waals surface area contributed by atoms with Crippen LogP contribution in [0.4, 0.5) is 0 Å². The minimum atomic E-state index is -0.0805. The number of morpholine rings is 1. The van der Waals surface area contributed by atoms with Gasteiger partial charge < -0.3 is 15.0 Å². The molecule has 0 spiro atoms. The molecule has 0 aliphatic carbocycles. The summed E-state index contributed by atoms with van der Waals surface area (Å²) in [5, 5.41) is 4.05. The quantitative estimate of drug-likeness (QED) is 0.849. The highest BCUT2D eigenvalue weighted by atomic mass is 16.5. The molecule has 0 amide bonds. The molecule has 1 aromatic rings. The molecular weight excluding hydrogens is 256 g/mol. The third-order valence-electron chi connectivity index (χ3n) is 3.73. The van der Waals surface area contributed by atoms with E-state index in [4.69, 9.17) is 15.0 Å². The van der Waals surface area contributed by atoms with Gasteiger partial charge in [-0.15, -0.1) is 0 Å². The Balaban J connectivity index is 1.94. The topological polar surface area (TPSA) is 77.4 Å². The van der Waals surface area contributed by atoms with E-state index in [-0.39, 0.29) is 12.1 Å². The van der Waals surface area contributed by atoms with Crippen molar-refractivity contribution >= 4 is 0 Å². The molecule has 1 aromatic heterocycles. The minimum Gasteiger partial charge on any atom is -0.367 e. The normalized spacial score (nSPS) is 22.4. The van der Waals surface area contributed by atoms with E-state index in [2.05, 4.69) is 35.8 Å². The molecule has 6 nitrogen and oxygen atoms in total. The van der Waals surface area contributed by atoms with Crippen molar-refractivity contribution in [3.05, 3.63) is 11.7 Å². The largest absolute Gasteiger partial charge is 0.367 e. The maximum Gasteiger partial charge on any atom is 0.228 e. The van der Waals surface area contributed by atoms with Crippen LogP contribution in [0.2, 0.25) is 0 Å². The molecule has 2 unspecified atom stereocenters. The van der Waals surface area contributed by atoms with Gasteiger partial charge in [-0.2, -0.15) is 4.98 Å². The van der Waals surface area contributed by atoms with Gasteiger partial charge in [-0.05, 0) is 18.9 Å². The van der Waals surface area contributed by atoms with Gasteiger partial charge in [-0.1, -0.05) is 25.9 Å². The Hall–Kier alpha value is -0.980. The first-order chi connectivity index (χ1) is 9.60. The van der Waals surface area contributed by atoms with Crippen LogP contribution in [0.25, 0.3) is 0 Å². The van der Waals surface area contributed by atoms with Gasteiger partial charge in [-0.3, -0.25) is 4.90 Å². The first-order valence-corrected chi connectivity index (χ1v) is 7.52. The van der Waals surface area contributed by atoms with Gasteiger partial charge in [0.25, 0.3) is 0 Å². The van der Waals surface area contributed by atoms with Crippen molar-refractivity contribution in [2.75, 3.05) is 26.2 Å². The zero-order chi connectivity index (χ0) is 14.5. The van der Waals surface area contributed by atoms with Gasteiger partial charge in [0, 0.05) is 25.6 Å². The summed E-state index contributed by atoms with van der Waals surface area (Å²) in [5.74, 6) is 1.66. The van der Waals surface area contributed by atoms with Gasteiger partial charge in [0.15, 0.2) is 0 Å². The standard InChI is InChI=1S/C14H26N4O2/c1-4-5-18-6-7-19-12(9-18)14-16-13(20-17-14)8-11(15)10(2)3/h10-12H,4-9,15H2,1-3H3. The number of rotatable bonds is 6. The molecule has 0 saturated carbocycles. The van der Waals surface area contributed by atoms with E-state index in [9.17, 15) is 0 Å². The highest BCUT2D eigenvalue weighted by Gasteiger charge is 2.26. The summed E-state index contributed by atoms with van der Waals surface area (Å²) in [4.78, 5) is 6.82. The summed E-state index contributed by atoms with van der Waals surface area (Å²) in [6, 6.07) is 0.0483. The monoisotopic (exact) mass is 282 g/mol. The van der Waals surface area contributed by atoms with Crippen LogP contribution < -0.4 is 5.73 Å². The van der Waals surface area contributed by atoms with Gasteiger partial charge in [0.2, 0.25) is 11.7 Å². The average molecular weight is 282 g/mol. The number of hydrogen-bond donors (Lipinski definition) is 1. The fourth-order valence-corrected chi connectivity index (χ4v) is 2.30. The van der Waals surface area contributed by atoms with Gasteiger partial charge in [-0.25, -0.2) is 0 Å². The predicted octanol–water partition coefficient (Wildman–Crippen LogP) is 1.38. The highest BCUT2D eigenvalue weighted by molar-refractivity contribution is 4.95. The first-order valence-electron chi connectivity index (χ1n) is 7.52. The maximum absolute atomic E-state index is 6.03. The molecule has 1 saturated heterocycles. The lowest BCUT2D eigenvalue weighted by molar-refractivity contribution is -0.0350. The zero-order valence-corrected chi connectivity index (χ0v) is 12.7. The lowest BCUT2D eigenvalue weighted by Crippen LogP contribution is -2.39. The van der Waals surface area contributed by atoms with Crippen LogP contribution >= 0.6 is 0 Å². The van der Waals surface area contributed by atoms with Crippen LogP contribution in [-0.4, -0.2) is 47.3 Å². The Morgan fingerprint density at radius 2 is 2.25 bits per heavy atom. The third-order valence-corrected chi connectivity index (χ3v) is 3.73. The molecular formula is C14H26N4O2. The summed E-state index contributed by atoms with van der Waals surface area (Å²) < 4.78 is 11.0. The number of ether oxygens (including phenoxy) is 1. The second-order valence-electron chi connectivity index (χ2n) is 5.82. The molecule has 2 atom stereocenters. The Morgan fingerprint density at radius 3 is 2.95 bits per heavy atom. The van der Waals surface area contributed by atoms with Gasteiger partial charge >= 0.3 is 0 Å². The summed E-state index contributed by atoms with van der Waals surface area (Å²) in [6.07, 6.45) is 1.69. The van der Waals surface area contributed by atoms with Gasteiger partial charge in [0.05, 0.1) is 6.61 Å². The lowest BCUT2D eigenvalue weighted by atomic mass is 10.0. The van der Waals surface area contributed by atoms with Crippen LogP contribution in [0.5, 0.6) is 0 Å². The van der Waals surface area contributed by atoms with Crippen LogP contribution in [-0.2, 0) is 11.2 Å². The van der Waals surface area contributed by atoms with Crippen molar-refractivity contribution < 1.29 is 9.26 Å². The van der Waals surface area contributed by atoms with E-state index in [0.29, 0.717) is 24.1 Å². The van der Waals surface area contributed by atoms with Crippen molar-refractivity contribution in [1.29, 1.82) is 0 Å².